The molecule has 3 amide bonds. The lowest BCUT2D eigenvalue weighted by Crippen LogP contribution is -2.51. The SMILES string of the molecule is CN(C)C(=O)CN1CCN(C(=O)Cn2cc(NC(=O)c3cnn4cccnc34)c(-c3cc(Cl)ccc3OC(F)F)n2)CC1. The predicted molar refractivity (Wildman–Crippen MR) is 152 cm³/mol. The molecule has 1 aromatic carbocycles. The van der Waals surface area contributed by atoms with Crippen molar-refractivity contribution in [3.8, 4) is 17.0 Å². The summed E-state index contributed by atoms with van der Waals surface area (Å²) in [5.74, 6) is -1.06. The van der Waals surface area contributed by atoms with E-state index in [4.69, 9.17) is 16.3 Å². The van der Waals surface area contributed by atoms with Crippen molar-refractivity contribution >= 4 is 40.7 Å². The first-order valence-corrected chi connectivity index (χ1v) is 13.6. The molecule has 1 saturated heterocycles. The molecule has 0 spiro atoms. The molecule has 3 aromatic heterocycles. The van der Waals surface area contributed by atoms with Crippen LogP contribution in [0, 0.1) is 0 Å². The van der Waals surface area contributed by atoms with Gasteiger partial charge >= 0.3 is 6.61 Å². The summed E-state index contributed by atoms with van der Waals surface area (Å²) in [5, 5.41) is 11.6. The fourth-order valence-corrected chi connectivity index (χ4v) is 4.75. The molecule has 0 atom stereocenters. The van der Waals surface area contributed by atoms with Gasteiger partial charge in [-0.2, -0.15) is 19.0 Å². The summed E-state index contributed by atoms with van der Waals surface area (Å²) in [6.07, 6.45) is 5.93. The lowest BCUT2D eigenvalue weighted by Gasteiger charge is -2.34. The van der Waals surface area contributed by atoms with Crippen LogP contribution in [0.25, 0.3) is 16.9 Å². The summed E-state index contributed by atoms with van der Waals surface area (Å²) in [5.41, 5.74) is 0.750. The van der Waals surface area contributed by atoms with Gasteiger partial charge in [0.25, 0.3) is 5.91 Å². The minimum absolute atomic E-state index is 0.0190. The molecule has 0 aliphatic carbocycles. The summed E-state index contributed by atoms with van der Waals surface area (Å²) < 4.78 is 33.9. The third kappa shape index (κ3) is 6.89. The van der Waals surface area contributed by atoms with Crippen molar-refractivity contribution in [1.29, 1.82) is 0 Å². The molecule has 1 aliphatic rings. The van der Waals surface area contributed by atoms with Gasteiger partial charge in [-0.25, -0.2) is 9.50 Å². The molecule has 4 aromatic rings. The summed E-state index contributed by atoms with van der Waals surface area (Å²) in [6, 6.07) is 5.70. The molecule has 4 heterocycles. The van der Waals surface area contributed by atoms with Gasteiger partial charge in [0.2, 0.25) is 11.8 Å². The highest BCUT2D eigenvalue weighted by Crippen LogP contribution is 2.37. The maximum absolute atomic E-state index is 13.3. The van der Waals surface area contributed by atoms with Gasteiger partial charge in [-0.05, 0) is 24.3 Å². The zero-order chi connectivity index (χ0) is 30.7. The fourth-order valence-electron chi connectivity index (χ4n) is 4.58. The van der Waals surface area contributed by atoms with E-state index in [9.17, 15) is 23.2 Å². The van der Waals surface area contributed by atoms with E-state index < -0.39 is 12.5 Å². The normalized spacial score (nSPS) is 13.9. The van der Waals surface area contributed by atoms with Crippen LogP contribution in [-0.4, -0.2) is 110 Å². The largest absolute Gasteiger partial charge is 0.434 e. The average Bonchev–Trinajstić information content (AvgIpc) is 3.58. The van der Waals surface area contributed by atoms with Gasteiger partial charge in [0, 0.05) is 69.5 Å². The Labute approximate surface area is 249 Å². The molecule has 226 valence electrons. The number of likely N-dealkylation sites (N-methyl/N-ethyl adjacent to an activating group) is 1. The number of nitrogens with zero attached hydrogens (tertiary/aromatic N) is 8. The minimum atomic E-state index is -3.13. The Hall–Kier alpha value is -4.63. The van der Waals surface area contributed by atoms with E-state index >= 15 is 0 Å². The minimum Gasteiger partial charge on any atom is -0.434 e. The van der Waals surface area contributed by atoms with E-state index in [1.165, 1.54) is 50.9 Å². The molecule has 0 radical (unpaired) electrons. The number of carbonyl (C=O) groups excluding carboxylic acids is 3. The fraction of sp³-hybridized carbons (Fsp3) is 0.333. The second-order valence-electron chi connectivity index (χ2n) is 9.95. The first-order chi connectivity index (χ1) is 20.6. The number of piperazine rings is 1. The molecule has 0 unspecified atom stereocenters. The average molecular weight is 616 g/mol. The van der Waals surface area contributed by atoms with E-state index in [0.717, 1.165) is 0 Å². The first-order valence-electron chi connectivity index (χ1n) is 13.2. The molecule has 0 saturated carbocycles. The summed E-state index contributed by atoms with van der Waals surface area (Å²) in [6.45, 7) is -1.16. The monoisotopic (exact) mass is 615 g/mol. The molecule has 16 heteroatoms. The second-order valence-corrected chi connectivity index (χ2v) is 10.4. The van der Waals surface area contributed by atoms with Gasteiger partial charge in [-0.15, -0.1) is 0 Å². The molecule has 0 bridgehead atoms. The van der Waals surface area contributed by atoms with Crippen LogP contribution in [-0.2, 0) is 16.1 Å². The predicted octanol–water partition coefficient (Wildman–Crippen LogP) is 2.33. The third-order valence-electron chi connectivity index (χ3n) is 6.83. The number of aromatic nitrogens is 5. The molecule has 5 rings (SSSR count). The van der Waals surface area contributed by atoms with E-state index in [1.54, 1.807) is 31.3 Å². The second kappa shape index (κ2) is 12.7. The Kier molecular flexibility index (Phi) is 8.82. The number of alkyl halides is 2. The van der Waals surface area contributed by atoms with Gasteiger partial charge < -0.3 is 19.9 Å². The number of benzene rings is 1. The van der Waals surface area contributed by atoms with Crippen molar-refractivity contribution in [1.82, 2.24) is 39.1 Å². The molecule has 43 heavy (non-hydrogen) atoms. The molecule has 1 fully saturated rings. The lowest BCUT2D eigenvalue weighted by atomic mass is 10.1. The van der Waals surface area contributed by atoms with Gasteiger partial charge in [0.05, 0.1) is 18.4 Å². The number of carbonyl (C=O) groups is 3. The van der Waals surface area contributed by atoms with Crippen molar-refractivity contribution in [2.45, 2.75) is 13.2 Å². The van der Waals surface area contributed by atoms with Gasteiger partial charge in [0.1, 0.15) is 23.6 Å². The van der Waals surface area contributed by atoms with Gasteiger partial charge in [-0.3, -0.25) is 24.0 Å². The van der Waals surface area contributed by atoms with E-state index in [2.05, 4.69) is 20.5 Å². The quantitative estimate of drug-likeness (QED) is 0.304. The summed E-state index contributed by atoms with van der Waals surface area (Å²) in [7, 11) is 3.38. The number of ether oxygens (including phenoxy) is 1. The Morgan fingerprint density at radius 3 is 2.63 bits per heavy atom. The van der Waals surface area contributed by atoms with Crippen LogP contribution in [0.1, 0.15) is 10.4 Å². The number of hydrogen-bond acceptors (Lipinski definition) is 8. The van der Waals surface area contributed by atoms with Crippen LogP contribution in [0.2, 0.25) is 5.02 Å². The van der Waals surface area contributed by atoms with Crippen LogP contribution < -0.4 is 10.1 Å². The highest BCUT2D eigenvalue weighted by molar-refractivity contribution is 6.31. The van der Waals surface area contributed by atoms with Gasteiger partial charge in [-0.1, -0.05) is 11.6 Å². The number of rotatable bonds is 9. The maximum atomic E-state index is 13.3. The maximum Gasteiger partial charge on any atom is 0.387 e. The standard InChI is InChI=1S/C27H28ClF2N9O4/c1-35(2)22(40)15-36-8-10-37(11-9-36)23(41)16-38-14-20(33-26(42)19-13-32-39-7-3-6-31-25(19)39)24(34-38)18-12-17(28)4-5-21(18)43-27(29)30/h3-7,12-14,27H,8-11,15-16H2,1-2H3,(H,33,42). The number of halogens is 3. The van der Waals surface area contributed by atoms with Crippen LogP contribution >= 0.6 is 11.6 Å². The summed E-state index contributed by atoms with van der Waals surface area (Å²) >= 11 is 6.19. The lowest BCUT2D eigenvalue weighted by molar-refractivity contribution is -0.134. The van der Waals surface area contributed by atoms with Crippen molar-refractivity contribution < 1.29 is 27.9 Å². The van der Waals surface area contributed by atoms with E-state index in [1.807, 2.05) is 4.90 Å². The number of anilines is 1. The molecular formula is C27H28ClF2N9O4. The Balaban J connectivity index is 1.40. The van der Waals surface area contributed by atoms with E-state index in [0.29, 0.717) is 31.8 Å². The zero-order valence-corrected chi connectivity index (χ0v) is 24.0. The smallest absolute Gasteiger partial charge is 0.387 e. The Morgan fingerprint density at radius 2 is 1.91 bits per heavy atom. The molecule has 13 nitrogen and oxygen atoms in total. The number of nitrogens with one attached hydrogen (secondary N) is 1. The number of hydrogen-bond donors (Lipinski definition) is 1. The van der Waals surface area contributed by atoms with Crippen LogP contribution in [0.15, 0.2) is 49.1 Å². The van der Waals surface area contributed by atoms with Crippen molar-refractivity contribution in [2.24, 2.45) is 0 Å². The molecular weight excluding hydrogens is 588 g/mol. The first kappa shape index (κ1) is 29.8. The third-order valence-corrected chi connectivity index (χ3v) is 7.06. The molecule has 1 aliphatic heterocycles. The highest BCUT2D eigenvalue weighted by atomic mass is 35.5. The zero-order valence-electron chi connectivity index (χ0n) is 23.3. The van der Waals surface area contributed by atoms with Crippen molar-refractivity contribution in [2.75, 3.05) is 52.1 Å². The highest BCUT2D eigenvalue weighted by Gasteiger charge is 2.26. The Morgan fingerprint density at radius 1 is 1.14 bits per heavy atom. The van der Waals surface area contributed by atoms with E-state index in [-0.39, 0.29) is 58.2 Å². The topological polar surface area (TPSA) is 130 Å². The van der Waals surface area contributed by atoms with Crippen LogP contribution in [0.3, 0.4) is 0 Å². The number of amides is 3. The van der Waals surface area contributed by atoms with Gasteiger partial charge in [0.15, 0.2) is 5.65 Å². The van der Waals surface area contributed by atoms with Crippen LogP contribution in [0.5, 0.6) is 5.75 Å². The Bertz CT molecular complexity index is 1650. The summed E-state index contributed by atoms with van der Waals surface area (Å²) in [4.78, 5) is 47.9. The molecule has 1 N–H and O–H groups in total. The number of fused-ring (bicyclic) bond motifs is 1. The van der Waals surface area contributed by atoms with Crippen molar-refractivity contribution in [3.05, 3.63) is 59.6 Å². The van der Waals surface area contributed by atoms with Crippen LogP contribution in [0.4, 0.5) is 14.5 Å². The van der Waals surface area contributed by atoms with Crippen molar-refractivity contribution in [3.63, 3.8) is 0 Å².